The molecule has 1 atom stereocenters. The highest BCUT2D eigenvalue weighted by molar-refractivity contribution is 6.18. The molecular weight excluding hydrogens is 464 g/mol. The number of benzene rings is 2. The van der Waals surface area contributed by atoms with Gasteiger partial charge in [0.05, 0.1) is 11.8 Å². The van der Waals surface area contributed by atoms with Crippen molar-refractivity contribution in [3.63, 3.8) is 0 Å². The van der Waals surface area contributed by atoms with Gasteiger partial charge in [0.15, 0.2) is 0 Å². The van der Waals surface area contributed by atoms with Crippen LogP contribution in [-0.2, 0) is 0 Å². The van der Waals surface area contributed by atoms with Crippen LogP contribution in [0.5, 0.6) is 0 Å². The first-order valence-electron chi connectivity index (χ1n) is 13.0. The molecule has 0 saturated carbocycles. The van der Waals surface area contributed by atoms with Crippen LogP contribution in [0.4, 0.5) is 0 Å². The molecule has 4 heteroatoms. The fourth-order valence-electron chi connectivity index (χ4n) is 5.31. The van der Waals surface area contributed by atoms with Gasteiger partial charge in [-0.3, -0.25) is 4.99 Å². The van der Waals surface area contributed by atoms with Crippen LogP contribution in [0.25, 0.3) is 23.3 Å². The summed E-state index contributed by atoms with van der Waals surface area (Å²) in [5.74, 6) is 0. The number of allylic oxidation sites excluding steroid dienone is 1. The van der Waals surface area contributed by atoms with E-state index >= 15 is 0 Å². The van der Waals surface area contributed by atoms with Gasteiger partial charge < -0.3 is 15.0 Å². The molecule has 2 aromatic carbocycles. The third kappa shape index (κ3) is 4.10. The fraction of sp³-hybridized carbons (Fsp3) is 0.0882. The quantitative estimate of drug-likeness (QED) is 0.336. The topological polar surface area (TPSA) is 59.7 Å². The van der Waals surface area contributed by atoms with Crippen LogP contribution < -0.4 is 21.4 Å². The average Bonchev–Trinajstić information content (AvgIpc) is 3.72. The van der Waals surface area contributed by atoms with Gasteiger partial charge in [-0.25, -0.2) is 0 Å². The van der Waals surface area contributed by atoms with E-state index in [1.807, 2.05) is 0 Å². The lowest BCUT2D eigenvalue weighted by atomic mass is 10.0. The number of aromatic amines is 3. The molecule has 0 radical (unpaired) electrons. The molecule has 1 unspecified atom stereocenters. The number of H-pyrrole nitrogens is 3. The molecule has 0 amide bonds. The van der Waals surface area contributed by atoms with Crippen molar-refractivity contribution in [1.29, 1.82) is 0 Å². The number of fused-ring (bicyclic) bond motifs is 7. The third-order valence-electron chi connectivity index (χ3n) is 7.28. The monoisotopic (exact) mass is 492 g/mol. The Balaban J connectivity index is 1.55. The van der Waals surface area contributed by atoms with Crippen molar-refractivity contribution in [2.45, 2.75) is 19.9 Å². The number of hydrogen-bond donors (Lipinski definition) is 3. The molecule has 5 aromatic rings. The Morgan fingerprint density at radius 1 is 0.579 bits per heavy atom. The zero-order valence-corrected chi connectivity index (χ0v) is 21.4. The molecule has 8 bridgehead atoms. The maximum absolute atomic E-state index is 4.90. The van der Waals surface area contributed by atoms with Crippen LogP contribution >= 0.6 is 0 Å². The number of aliphatic imine (C=N–C) groups is 1. The van der Waals surface area contributed by atoms with Gasteiger partial charge in [0, 0.05) is 43.9 Å². The maximum atomic E-state index is 4.90. The third-order valence-corrected chi connectivity index (χ3v) is 7.28. The fourth-order valence-corrected chi connectivity index (χ4v) is 5.31. The van der Waals surface area contributed by atoms with Crippen molar-refractivity contribution >= 4 is 29.0 Å². The van der Waals surface area contributed by atoms with Gasteiger partial charge in [-0.05, 0) is 79.6 Å². The Morgan fingerprint density at radius 2 is 1.13 bits per heavy atom. The minimum atomic E-state index is 0.00434. The van der Waals surface area contributed by atoms with Gasteiger partial charge in [0.1, 0.15) is 0 Å². The van der Waals surface area contributed by atoms with Gasteiger partial charge >= 0.3 is 0 Å². The number of aromatic nitrogens is 3. The van der Waals surface area contributed by atoms with E-state index < -0.39 is 0 Å². The first-order chi connectivity index (χ1) is 18.6. The molecule has 0 fully saturated rings. The second-order valence-electron chi connectivity index (χ2n) is 10.1. The standard InChI is InChI=1S/C34H28N4/c1-21-3-7-23(8-4-21)33-29-15-13-27(36-29)19-25-11-12-26(35-25)20-28-14-16-30(37-28)34(32-18-17-31(33)38-32)24-9-5-22(2)6-10-24/h3-20,25,36-38H,1-2H3/b27-19-,28-20?,33-29-,34-30-. The van der Waals surface area contributed by atoms with Crippen LogP contribution in [0.2, 0.25) is 0 Å². The predicted molar refractivity (Wildman–Crippen MR) is 156 cm³/mol. The maximum Gasteiger partial charge on any atom is 0.0894 e. The Morgan fingerprint density at radius 3 is 1.74 bits per heavy atom. The number of aryl methyl sites for hydroxylation is 2. The van der Waals surface area contributed by atoms with Gasteiger partial charge in [-0.1, -0.05) is 65.7 Å². The van der Waals surface area contributed by atoms with Gasteiger partial charge in [-0.15, -0.1) is 0 Å². The number of nitrogens with zero attached hydrogens (tertiary/aromatic N) is 1. The summed E-state index contributed by atoms with van der Waals surface area (Å²) in [7, 11) is 0. The molecule has 38 heavy (non-hydrogen) atoms. The van der Waals surface area contributed by atoms with Crippen LogP contribution in [0.3, 0.4) is 0 Å². The summed E-state index contributed by atoms with van der Waals surface area (Å²) in [6.45, 7) is 4.24. The molecule has 3 aromatic heterocycles. The van der Waals surface area contributed by atoms with Gasteiger partial charge in [-0.2, -0.15) is 0 Å². The van der Waals surface area contributed by atoms with E-state index in [4.69, 9.17) is 4.99 Å². The van der Waals surface area contributed by atoms with E-state index in [9.17, 15) is 0 Å². The van der Waals surface area contributed by atoms with E-state index in [0.29, 0.717) is 0 Å². The van der Waals surface area contributed by atoms with Crippen molar-refractivity contribution in [1.82, 2.24) is 15.0 Å². The van der Waals surface area contributed by atoms with Crippen molar-refractivity contribution in [2.24, 2.45) is 4.99 Å². The molecule has 0 saturated heterocycles. The number of rotatable bonds is 2. The lowest BCUT2D eigenvalue weighted by Crippen LogP contribution is -2.17. The molecule has 2 aliphatic rings. The highest BCUT2D eigenvalue weighted by Gasteiger charge is 2.15. The second-order valence-corrected chi connectivity index (χ2v) is 10.1. The zero-order chi connectivity index (χ0) is 25.6. The van der Waals surface area contributed by atoms with Crippen LogP contribution in [0, 0.1) is 13.8 Å². The molecule has 0 aliphatic carbocycles. The molecule has 5 heterocycles. The van der Waals surface area contributed by atoms with Gasteiger partial charge in [0.25, 0.3) is 0 Å². The molecular formula is C34H28N4. The Kier molecular flexibility index (Phi) is 5.26. The minimum Gasteiger partial charge on any atom is -0.355 e. The van der Waals surface area contributed by atoms with E-state index in [1.54, 1.807) is 0 Å². The van der Waals surface area contributed by atoms with Crippen molar-refractivity contribution in [2.75, 3.05) is 0 Å². The summed E-state index contributed by atoms with van der Waals surface area (Å²) in [6.07, 6.45) is 8.51. The summed E-state index contributed by atoms with van der Waals surface area (Å²) in [5, 5.41) is 4.21. The Hall–Kier alpha value is -4.83. The zero-order valence-electron chi connectivity index (χ0n) is 21.4. The molecule has 3 N–H and O–H groups in total. The largest absolute Gasteiger partial charge is 0.355 e. The molecule has 2 aliphatic heterocycles. The van der Waals surface area contributed by atoms with Crippen LogP contribution in [-0.4, -0.2) is 26.7 Å². The first-order valence-corrected chi connectivity index (χ1v) is 13.0. The Bertz CT molecular complexity index is 1970. The van der Waals surface area contributed by atoms with Crippen LogP contribution in [0.15, 0.2) is 102 Å². The smallest absolute Gasteiger partial charge is 0.0894 e. The van der Waals surface area contributed by atoms with E-state index in [1.165, 1.54) is 11.1 Å². The van der Waals surface area contributed by atoms with E-state index in [2.05, 4.69) is 138 Å². The van der Waals surface area contributed by atoms with Crippen molar-refractivity contribution in [3.8, 4) is 0 Å². The molecule has 4 nitrogen and oxygen atoms in total. The molecule has 7 rings (SSSR count). The Labute approximate surface area is 220 Å². The first kappa shape index (κ1) is 22.4. The van der Waals surface area contributed by atoms with E-state index in [0.717, 1.165) is 60.8 Å². The SMILES string of the molecule is Cc1ccc(/C2=c3\ccc([nH]3)=CC3=NC(C=C3)/C=c3/cc/c([nH]3)=C(\c3ccc(C)cc3)c3ccc2[nH]3)cc1. The summed E-state index contributed by atoms with van der Waals surface area (Å²) < 4.78 is 0. The normalized spacial score (nSPS) is 20.0. The average molecular weight is 493 g/mol. The summed E-state index contributed by atoms with van der Waals surface area (Å²) in [5.41, 5.74) is 10.2. The van der Waals surface area contributed by atoms with Crippen LogP contribution in [0.1, 0.15) is 33.6 Å². The number of nitrogens with one attached hydrogen (secondary N) is 3. The summed E-state index contributed by atoms with van der Waals surface area (Å²) in [4.78, 5) is 16.0. The predicted octanol–water partition coefficient (Wildman–Crippen LogP) is 3.74. The lowest BCUT2D eigenvalue weighted by molar-refractivity contribution is 1.09. The molecule has 0 spiro atoms. The van der Waals surface area contributed by atoms with Crippen molar-refractivity contribution in [3.05, 3.63) is 152 Å². The molecule has 184 valence electrons. The second kappa shape index (κ2) is 8.93. The minimum absolute atomic E-state index is 0.00434. The van der Waals surface area contributed by atoms with Gasteiger partial charge in [0.2, 0.25) is 0 Å². The van der Waals surface area contributed by atoms with Crippen molar-refractivity contribution < 1.29 is 0 Å². The summed E-state index contributed by atoms with van der Waals surface area (Å²) >= 11 is 0. The lowest BCUT2D eigenvalue weighted by Gasteiger charge is -2.09. The summed E-state index contributed by atoms with van der Waals surface area (Å²) in [6, 6.07) is 30.4. The highest BCUT2D eigenvalue weighted by atomic mass is 14.8. The number of hydrogen-bond acceptors (Lipinski definition) is 1. The van der Waals surface area contributed by atoms with E-state index in [-0.39, 0.29) is 6.04 Å². The highest BCUT2D eigenvalue weighted by Crippen LogP contribution is 2.25.